The first-order chi connectivity index (χ1) is 18.3. The van der Waals surface area contributed by atoms with Crippen molar-refractivity contribution in [3.63, 3.8) is 0 Å². The van der Waals surface area contributed by atoms with Gasteiger partial charge in [0.25, 0.3) is 0 Å². The minimum Gasteiger partial charge on any atom is -0.630 e. The number of hydrogen-bond donors (Lipinski definition) is 2. The summed E-state index contributed by atoms with van der Waals surface area (Å²) in [4.78, 5) is 45.2. The van der Waals surface area contributed by atoms with Crippen molar-refractivity contribution in [2.45, 2.75) is 45.7 Å². The van der Waals surface area contributed by atoms with Crippen LogP contribution in [0, 0.1) is 5.92 Å². The molecule has 2 N–H and O–H groups in total. The molecule has 3 atom stereocenters. The molecule has 3 aromatic rings. The summed E-state index contributed by atoms with van der Waals surface area (Å²) in [6, 6.07) is 18.2. The molecule has 3 rings (SSSR count). The van der Waals surface area contributed by atoms with Crippen LogP contribution in [0.4, 0.5) is 0 Å². The highest BCUT2D eigenvalue weighted by Crippen LogP contribution is 2.24. The van der Waals surface area contributed by atoms with Gasteiger partial charge in [0.15, 0.2) is 6.04 Å². The summed E-state index contributed by atoms with van der Waals surface area (Å²) in [6.45, 7) is 5.72. The predicted molar refractivity (Wildman–Crippen MR) is 148 cm³/mol. The minimum atomic E-state index is -1.81. The molecule has 1 unspecified atom stereocenters. The molecule has 0 bridgehead atoms. The molecule has 0 fully saturated rings. The fourth-order valence-electron chi connectivity index (χ4n) is 4.04. The Hall–Kier alpha value is -3.45. The maximum Gasteiger partial charge on any atom is 0.328 e. The van der Waals surface area contributed by atoms with Gasteiger partial charge in [0.2, 0.25) is 5.91 Å². The van der Waals surface area contributed by atoms with Crippen LogP contribution in [0.3, 0.4) is 0 Å². The Labute approximate surface area is 224 Å². The van der Waals surface area contributed by atoms with E-state index in [0.717, 1.165) is 16.9 Å². The van der Waals surface area contributed by atoms with Crippen molar-refractivity contribution in [2.75, 3.05) is 13.3 Å². The van der Waals surface area contributed by atoms with Crippen molar-refractivity contribution in [3.8, 4) is 17.1 Å². The Kier molecular flexibility index (Phi) is 11.1. The predicted octanol–water partition coefficient (Wildman–Crippen LogP) is 4.09. The average molecular weight is 539 g/mol. The normalized spacial score (nSPS) is 13.4. The number of para-hydroxylation sites is 1. The third kappa shape index (κ3) is 8.02. The summed E-state index contributed by atoms with van der Waals surface area (Å²) in [5, 5.41) is 3.33. The van der Waals surface area contributed by atoms with Gasteiger partial charge >= 0.3 is 5.97 Å². The van der Waals surface area contributed by atoms with Crippen LogP contribution in [0.25, 0.3) is 11.3 Å². The molecule has 2 aromatic carbocycles. The van der Waals surface area contributed by atoms with Crippen LogP contribution in [0.15, 0.2) is 77.4 Å². The highest BCUT2D eigenvalue weighted by Gasteiger charge is 2.35. The Morgan fingerprint density at radius 1 is 1.03 bits per heavy atom. The zero-order valence-corrected chi connectivity index (χ0v) is 23.1. The third-order valence-corrected chi connectivity index (χ3v) is 8.11. The number of carbonyl (C=O) groups excluding carboxylic acids is 2. The number of ether oxygens (including phenoxy) is 1. The van der Waals surface area contributed by atoms with Crippen LogP contribution in [0.1, 0.15) is 32.8 Å². The largest absolute Gasteiger partial charge is 0.630 e. The maximum atomic E-state index is 13.6. The number of hydrogen-bond acceptors (Lipinski definition) is 7. The van der Waals surface area contributed by atoms with E-state index in [1.807, 2.05) is 63.2 Å². The molecule has 0 spiro atoms. The van der Waals surface area contributed by atoms with Crippen molar-refractivity contribution >= 4 is 24.9 Å². The van der Waals surface area contributed by atoms with Gasteiger partial charge in [-0.2, -0.15) is 0 Å². The lowest BCUT2D eigenvalue weighted by atomic mass is 10.0. The first-order valence-corrected chi connectivity index (χ1v) is 14.1. The number of benzene rings is 2. The minimum absolute atomic E-state index is 0.168. The second-order valence-electron chi connectivity index (χ2n) is 9.11. The van der Waals surface area contributed by atoms with Gasteiger partial charge in [-0.05, 0) is 36.2 Å². The molecule has 8 nitrogen and oxygen atoms in total. The number of amides is 1. The van der Waals surface area contributed by atoms with Crippen molar-refractivity contribution in [1.29, 1.82) is 0 Å². The second-order valence-corrected chi connectivity index (χ2v) is 10.8. The zero-order valence-electron chi connectivity index (χ0n) is 22.2. The number of furan rings is 1. The summed E-state index contributed by atoms with van der Waals surface area (Å²) < 4.78 is 10.4. The lowest BCUT2D eigenvalue weighted by Gasteiger charge is -2.24. The first-order valence-electron chi connectivity index (χ1n) is 12.6. The summed E-state index contributed by atoms with van der Waals surface area (Å²) in [6.07, 6.45) is 2.97. The van der Waals surface area contributed by atoms with E-state index in [1.165, 1.54) is 7.11 Å². The third-order valence-electron chi connectivity index (χ3n) is 5.90. The van der Waals surface area contributed by atoms with Crippen LogP contribution in [-0.2, 0) is 20.7 Å². The standard InChI is InChI=1S/C29H35N2O6P/c1-5-18-38(34)27(20(2)3)26(31-37-23-10-7-6-8-11-23)28(32)30-24(29(33)35-4)19-21-13-15-22(16-14-21)25-12-9-17-36-25/h6-17,20,24,26,31H,5,18-19H2,1-4H3,(H,30,32)/t24-,26-/m0/s1. The van der Waals surface area contributed by atoms with Gasteiger partial charge in [-0.1, -0.05) is 63.2 Å². The van der Waals surface area contributed by atoms with E-state index < -0.39 is 31.7 Å². The lowest BCUT2D eigenvalue weighted by Crippen LogP contribution is -2.56. The summed E-state index contributed by atoms with van der Waals surface area (Å²) in [5.74, 6) is -0.0367. The van der Waals surface area contributed by atoms with Crippen molar-refractivity contribution in [3.05, 3.63) is 78.6 Å². The monoisotopic (exact) mass is 538 g/mol. The Morgan fingerprint density at radius 3 is 2.32 bits per heavy atom. The van der Waals surface area contributed by atoms with Crippen LogP contribution >= 0.6 is 7.77 Å². The quantitative estimate of drug-likeness (QED) is 0.191. The first kappa shape index (κ1) is 29.1. The maximum absolute atomic E-state index is 13.6. The van der Waals surface area contributed by atoms with Gasteiger partial charge in [0.1, 0.15) is 29.0 Å². The summed E-state index contributed by atoms with van der Waals surface area (Å²) >= 11 is 0. The molecule has 0 saturated carbocycles. The van der Waals surface area contributed by atoms with E-state index in [0.29, 0.717) is 23.6 Å². The second kappa shape index (κ2) is 14.5. The highest BCUT2D eigenvalue weighted by molar-refractivity contribution is 7.52. The van der Waals surface area contributed by atoms with E-state index >= 15 is 0 Å². The topological polar surface area (TPSA) is 113 Å². The van der Waals surface area contributed by atoms with E-state index in [1.54, 1.807) is 30.5 Å². The molecule has 0 radical (unpaired) electrons. The van der Waals surface area contributed by atoms with Crippen LogP contribution < -0.4 is 20.5 Å². The van der Waals surface area contributed by atoms with Gasteiger partial charge < -0.3 is 24.2 Å². The smallest absolute Gasteiger partial charge is 0.328 e. The number of esters is 1. The number of methoxy groups -OCH3 is 1. The number of nitrogens with one attached hydrogen (secondary N) is 2. The van der Waals surface area contributed by atoms with Gasteiger partial charge in [0.05, 0.1) is 21.1 Å². The Bertz CT molecular complexity index is 1190. The lowest BCUT2D eigenvalue weighted by molar-refractivity contribution is -0.153. The van der Waals surface area contributed by atoms with Gasteiger partial charge in [-0.3, -0.25) is 4.79 Å². The van der Waals surface area contributed by atoms with Crippen molar-refractivity contribution in [1.82, 2.24) is 10.8 Å². The molecule has 1 aromatic heterocycles. The molecule has 0 aliphatic heterocycles. The summed E-state index contributed by atoms with van der Waals surface area (Å²) in [5.41, 5.74) is 4.53. The average Bonchev–Trinajstić information content (AvgIpc) is 3.46. The molecule has 38 heavy (non-hydrogen) atoms. The molecule has 1 amide bonds. The molecular weight excluding hydrogens is 503 g/mol. The molecule has 1 heterocycles. The van der Waals surface area contributed by atoms with Crippen molar-refractivity contribution in [2.24, 2.45) is 5.92 Å². The van der Waals surface area contributed by atoms with E-state index in [9.17, 15) is 14.5 Å². The summed E-state index contributed by atoms with van der Waals surface area (Å²) in [7, 11) is -0.534. The highest BCUT2D eigenvalue weighted by atomic mass is 31.1. The Balaban J connectivity index is 1.84. The molecule has 0 saturated heterocycles. The fraction of sp³-hybridized carbons (Fsp3) is 0.345. The fourth-order valence-corrected chi connectivity index (χ4v) is 5.73. The van der Waals surface area contributed by atoms with Gasteiger partial charge in [-0.25, -0.2) is 4.79 Å². The van der Waals surface area contributed by atoms with Crippen LogP contribution in [0.5, 0.6) is 5.75 Å². The van der Waals surface area contributed by atoms with Crippen LogP contribution in [-0.4, -0.2) is 42.5 Å². The molecular formula is C29H35N2O6P. The van der Waals surface area contributed by atoms with Gasteiger partial charge in [-0.15, -0.1) is 5.48 Å². The van der Waals surface area contributed by atoms with E-state index in [4.69, 9.17) is 14.0 Å². The number of hydroxylamine groups is 1. The zero-order chi connectivity index (χ0) is 27.5. The molecule has 202 valence electrons. The number of rotatable bonds is 13. The number of carbonyl (C=O) groups is 2. The van der Waals surface area contributed by atoms with Gasteiger partial charge in [0, 0.05) is 17.9 Å². The van der Waals surface area contributed by atoms with E-state index in [-0.39, 0.29) is 12.3 Å². The molecule has 0 aliphatic carbocycles. The van der Waals surface area contributed by atoms with Crippen molar-refractivity contribution < 1.29 is 28.5 Å². The van der Waals surface area contributed by atoms with Crippen LogP contribution in [0.2, 0.25) is 0 Å². The Morgan fingerprint density at radius 2 is 1.74 bits per heavy atom. The molecule has 9 heteroatoms. The molecule has 0 aliphatic rings. The SMILES string of the molecule is CCC[P+]([O-])=C(C(C)C)[C@H](NOc1ccccc1)C(=O)N[C@@H](Cc1ccc(-c2ccco2)cc1)C(=O)OC. The van der Waals surface area contributed by atoms with E-state index in [2.05, 4.69) is 10.8 Å².